The number of hydrogen-bond acceptors (Lipinski definition) is 7. The van der Waals surface area contributed by atoms with E-state index in [0.717, 1.165) is 60.8 Å². The zero-order valence-electron chi connectivity index (χ0n) is 25.1. The molecule has 2 aromatic carbocycles. The zero-order chi connectivity index (χ0) is 29.6. The highest BCUT2D eigenvalue weighted by molar-refractivity contribution is 7.98. The average Bonchev–Trinajstić information content (AvgIpc) is 3.22. The molecular weight excluding hydrogens is 568 g/mol. The summed E-state index contributed by atoms with van der Waals surface area (Å²) in [5, 5.41) is 1.04. The number of rotatable bonds is 7. The van der Waals surface area contributed by atoms with Gasteiger partial charge < -0.3 is 19.3 Å². The van der Waals surface area contributed by atoms with Gasteiger partial charge in [0.05, 0.1) is 14.2 Å². The number of likely N-dealkylation sites (tertiary alicyclic amines) is 1. The van der Waals surface area contributed by atoms with Gasteiger partial charge in [-0.05, 0) is 77.5 Å². The lowest BCUT2D eigenvalue weighted by atomic mass is 9.65. The summed E-state index contributed by atoms with van der Waals surface area (Å²) in [5.74, 6) is 3.07. The number of anilines is 1. The van der Waals surface area contributed by atoms with E-state index in [1.54, 1.807) is 14.2 Å². The van der Waals surface area contributed by atoms with E-state index in [2.05, 4.69) is 47.7 Å². The molecule has 222 valence electrons. The molecule has 2 bridgehead atoms. The number of benzene rings is 2. The van der Waals surface area contributed by atoms with Crippen molar-refractivity contribution in [3.63, 3.8) is 0 Å². The maximum atomic E-state index is 13.7. The summed E-state index contributed by atoms with van der Waals surface area (Å²) < 4.78 is 11.0. The normalized spacial score (nSPS) is 22.6. The molecule has 0 radical (unpaired) electrons. The van der Waals surface area contributed by atoms with Crippen LogP contribution in [0.5, 0.6) is 11.5 Å². The Morgan fingerprint density at radius 1 is 1.05 bits per heavy atom. The highest BCUT2D eigenvalue weighted by atomic mass is 35.5. The van der Waals surface area contributed by atoms with Crippen molar-refractivity contribution in [1.29, 1.82) is 0 Å². The van der Waals surface area contributed by atoms with Gasteiger partial charge in [0.2, 0.25) is 0 Å². The number of nitrogens with zero attached hydrogens (tertiary/aromatic N) is 4. The monoisotopic (exact) mass is 606 g/mol. The quantitative estimate of drug-likeness (QED) is 0.162. The van der Waals surface area contributed by atoms with Crippen LogP contribution in [-0.2, 0) is 18.7 Å². The Kier molecular flexibility index (Phi) is 7.81. The summed E-state index contributed by atoms with van der Waals surface area (Å²) >= 11 is 8.01. The van der Waals surface area contributed by atoms with E-state index in [1.165, 1.54) is 29.3 Å². The molecule has 3 aliphatic rings. The van der Waals surface area contributed by atoms with Crippen molar-refractivity contribution < 1.29 is 14.3 Å². The maximum absolute atomic E-state index is 13.7. The van der Waals surface area contributed by atoms with Crippen LogP contribution in [0.25, 0.3) is 0 Å². The Labute approximate surface area is 258 Å². The van der Waals surface area contributed by atoms with Crippen molar-refractivity contribution >= 4 is 35.1 Å². The summed E-state index contributed by atoms with van der Waals surface area (Å²) in [6.07, 6.45) is 4.22. The minimum atomic E-state index is 0.147. The number of methoxy groups -OCH3 is 2. The lowest BCUT2D eigenvalue weighted by Crippen LogP contribution is -2.37. The number of ether oxygens (including phenoxy) is 2. The smallest absolute Gasteiger partial charge is 0.254 e. The van der Waals surface area contributed by atoms with Crippen LogP contribution in [0.3, 0.4) is 0 Å². The fourth-order valence-electron chi connectivity index (χ4n) is 7.50. The third-order valence-electron chi connectivity index (χ3n) is 8.92. The predicted molar refractivity (Wildman–Crippen MR) is 168 cm³/mol. The highest BCUT2D eigenvalue weighted by Crippen LogP contribution is 2.52. The molecule has 3 heterocycles. The number of fused-ring (bicyclic) bond motifs is 3. The first kappa shape index (κ1) is 29.1. The van der Waals surface area contributed by atoms with Crippen LogP contribution in [-0.4, -0.2) is 54.1 Å². The number of hydrogen-bond donors (Lipinski definition) is 0. The molecule has 7 nitrogen and oxygen atoms in total. The Bertz CT molecular complexity index is 1510. The summed E-state index contributed by atoms with van der Waals surface area (Å²) in [5.41, 5.74) is 4.75. The first-order valence-electron chi connectivity index (χ1n) is 14.6. The summed E-state index contributed by atoms with van der Waals surface area (Å²) in [4.78, 5) is 27.4. The molecule has 1 saturated carbocycles. The van der Waals surface area contributed by atoms with Crippen molar-refractivity contribution in [2.24, 2.45) is 10.8 Å². The molecular formula is C33H39ClN4O3S. The molecule has 1 aromatic heterocycles. The van der Waals surface area contributed by atoms with Gasteiger partial charge in [0, 0.05) is 43.1 Å². The van der Waals surface area contributed by atoms with Gasteiger partial charge in [0.15, 0.2) is 16.7 Å². The van der Waals surface area contributed by atoms with Gasteiger partial charge in [-0.1, -0.05) is 56.3 Å². The van der Waals surface area contributed by atoms with Crippen molar-refractivity contribution in [3.8, 4) is 11.5 Å². The second kappa shape index (κ2) is 11.3. The van der Waals surface area contributed by atoms with Crippen molar-refractivity contribution in [3.05, 3.63) is 69.9 Å². The first-order valence-corrected chi connectivity index (χ1v) is 16.0. The summed E-state index contributed by atoms with van der Waals surface area (Å²) in [6.45, 7) is 9.38. The van der Waals surface area contributed by atoms with E-state index in [4.69, 9.17) is 26.1 Å². The maximum Gasteiger partial charge on any atom is 0.254 e. The van der Waals surface area contributed by atoms with Gasteiger partial charge in [0.25, 0.3) is 5.91 Å². The zero-order valence-corrected chi connectivity index (χ0v) is 26.6. The largest absolute Gasteiger partial charge is 0.493 e. The van der Waals surface area contributed by atoms with Gasteiger partial charge in [-0.3, -0.25) is 4.79 Å². The lowest BCUT2D eigenvalue weighted by Gasteiger charge is -2.39. The van der Waals surface area contributed by atoms with Gasteiger partial charge in [-0.25, -0.2) is 9.97 Å². The van der Waals surface area contributed by atoms with Crippen LogP contribution < -0.4 is 14.4 Å². The third-order valence-corrected chi connectivity index (χ3v) is 10.0. The molecule has 1 saturated heterocycles. The van der Waals surface area contributed by atoms with Gasteiger partial charge >= 0.3 is 0 Å². The van der Waals surface area contributed by atoms with Crippen LogP contribution in [0.4, 0.5) is 5.82 Å². The predicted octanol–water partition coefficient (Wildman–Crippen LogP) is 7.04. The molecule has 0 N–H and O–H groups in total. The first-order chi connectivity index (χ1) is 20.0. The Hall–Kier alpha value is -2.97. The van der Waals surface area contributed by atoms with Crippen molar-refractivity contribution in [2.75, 3.05) is 32.2 Å². The second-order valence-electron chi connectivity index (χ2n) is 13.1. The van der Waals surface area contributed by atoms with Gasteiger partial charge in [-0.2, -0.15) is 0 Å². The van der Waals surface area contributed by atoms with E-state index < -0.39 is 0 Å². The Balaban J connectivity index is 1.14. The van der Waals surface area contributed by atoms with Crippen LogP contribution in [0.2, 0.25) is 5.15 Å². The standard InChI is InChI=1S/C33H39ClN4O3S/c1-32(2)15-25-16-33(3,19-32)20-38(25)30(39)23-8-6-7-21(11-23)18-42-31-35-28(34)14-29(36-31)37-10-9-22-12-26(40-4)27(41-5)13-24(22)17-37/h6-8,11-14,25H,9-10,15-20H2,1-5H3. The van der Waals surface area contributed by atoms with Crippen molar-refractivity contribution in [2.45, 2.75) is 70.0 Å². The molecule has 6 rings (SSSR count). The molecule has 42 heavy (non-hydrogen) atoms. The Morgan fingerprint density at radius 2 is 1.81 bits per heavy atom. The number of carbonyl (C=O) groups is 1. The minimum Gasteiger partial charge on any atom is -0.493 e. The molecule has 2 atom stereocenters. The van der Waals surface area contributed by atoms with E-state index in [1.807, 2.05) is 30.3 Å². The molecule has 2 fully saturated rings. The van der Waals surface area contributed by atoms with Crippen LogP contribution in [0.15, 0.2) is 47.6 Å². The molecule has 0 spiro atoms. The minimum absolute atomic E-state index is 0.147. The topological polar surface area (TPSA) is 67.8 Å². The molecule has 1 amide bonds. The number of amides is 1. The third kappa shape index (κ3) is 5.93. The fraction of sp³-hybridized carbons (Fsp3) is 0.485. The lowest BCUT2D eigenvalue weighted by molar-refractivity contribution is 0.0708. The molecule has 3 aromatic rings. The van der Waals surface area contributed by atoms with Crippen LogP contribution in [0, 0.1) is 10.8 Å². The van der Waals surface area contributed by atoms with E-state index in [-0.39, 0.29) is 16.7 Å². The number of aromatic nitrogens is 2. The van der Waals surface area contributed by atoms with Crippen molar-refractivity contribution in [1.82, 2.24) is 14.9 Å². The molecule has 1 aliphatic carbocycles. The average molecular weight is 607 g/mol. The molecule has 2 unspecified atom stereocenters. The highest BCUT2D eigenvalue weighted by Gasteiger charge is 2.51. The van der Waals surface area contributed by atoms with Crippen LogP contribution >= 0.6 is 23.4 Å². The SMILES string of the molecule is COc1cc2c(cc1OC)CN(c1cc(Cl)nc(SCc3cccc(C(=O)N4CC5(C)CC4CC(C)(C)C5)c3)n1)CC2. The summed E-state index contributed by atoms with van der Waals surface area (Å²) in [6, 6.07) is 14.3. The van der Waals surface area contributed by atoms with E-state index in [0.29, 0.717) is 28.6 Å². The number of carbonyl (C=O) groups excluding carboxylic acids is 1. The van der Waals surface area contributed by atoms with E-state index in [9.17, 15) is 4.79 Å². The Morgan fingerprint density at radius 3 is 2.57 bits per heavy atom. The van der Waals surface area contributed by atoms with Gasteiger partial charge in [0.1, 0.15) is 11.0 Å². The summed E-state index contributed by atoms with van der Waals surface area (Å²) in [7, 11) is 3.32. The molecule has 9 heteroatoms. The van der Waals surface area contributed by atoms with Gasteiger partial charge in [-0.15, -0.1) is 0 Å². The number of thioether (sulfide) groups is 1. The fourth-order valence-corrected chi connectivity index (χ4v) is 8.52. The molecule has 2 aliphatic heterocycles. The van der Waals surface area contributed by atoms with E-state index >= 15 is 0 Å². The number of halogens is 1. The second-order valence-corrected chi connectivity index (χ2v) is 14.4. The van der Waals surface area contributed by atoms with Crippen LogP contribution in [0.1, 0.15) is 67.1 Å².